The van der Waals surface area contributed by atoms with Crippen LogP contribution in [0.4, 0.5) is 5.13 Å². The van der Waals surface area contributed by atoms with Crippen molar-refractivity contribution >= 4 is 16.5 Å². The number of rotatable bonds is 2. The molecule has 0 saturated carbocycles. The first-order chi connectivity index (χ1) is 10.8. The van der Waals surface area contributed by atoms with Gasteiger partial charge in [0.1, 0.15) is 0 Å². The van der Waals surface area contributed by atoms with Gasteiger partial charge in [0.15, 0.2) is 5.13 Å². The van der Waals surface area contributed by atoms with Crippen molar-refractivity contribution in [2.24, 2.45) is 0 Å². The second-order valence-electron chi connectivity index (χ2n) is 6.63. The third kappa shape index (κ3) is 3.02. The van der Waals surface area contributed by atoms with Crippen LogP contribution in [0.3, 0.4) is 0 Å². The van der Waals surface area contributed by atoms with Crippen LogP contribution in [0.5, 0.6) is 0 Å². The number of anilines is 1. The van der Waals surface area contributed by atoms with E-state index >= 15 is 0 Å². The molecule has 1 spiro atoms. The Hall–Kier alpha value is -0.690. The molecule has 6 heteroatoms. The minimum absolute atomic E-state index is 0.105. The highest BCUT2D eigenvalue weighted by atomic mass is 32.1. The summed E-state index contributed by atoms with van der Waals surface area (Å²) in [4.78, 5) is 9.54. The first-order valence-corrected chi connectivity index (χ1v) is 9.33. The Kier molecular flexibility index (Phi) is 4.35. The number of hydrogen-bond acceptors (Lipinski definition) is 6. The fraction of sp³-hybridized carbons (Fsp3) is 0.812. The molecule has 4 heterocycles. The number of thiazole rings is 1. The number of hydrogen-bond donors (Lipinski definition) is 0. The van der Waals surface area contributed by atoms with Crippen molar-refractivity contribution in [1.82, 2.24) is 9.88 Å². The molecule has 0 radical (unpaired) electrons. The molecule has 5 nitrogen and oxygen atoms in total. The summed E-state index contributed by atoms with van der Waals surface area (Å²) in [6, 6.07) is 0.685. The summed E-state index contributed by atoms with van der Waals surface area (Å²) < 4.78 is 11.7. The van der Waals surface area contributed by atoms with Crippen molar-refractivity contribution < 1.29 is 9.47 Å². The molecule has 3 aliphatic rings. The molecule has 1 aromatic rings. The average Bonchev–Trinajstić information content (AvgIpc) is 3.10. The molecule has 1 atom stereocenters. The van der Waals surface area contributed by atoms with Gasteiger partial charge in [0, 0.05) is 63.6 Å². The quantitative estimate of drug-likeness (QED) is 0.832. The number of ether oxygens (including phenoxy) is 2. The van der Waals surface area contributed by atoms with E-state index in [0.717, 1.165) is 58.8 Å². The molecule has 122 valence electrons. The van der Waals surface area contributed by atoms with Crippen LogP contribution in [0.2, 0.25) is 0 Å². The zero-order valence-corrected chi connectivity index (χ0v) is 13.9. The summed E-state index contributed by atoms with van der Waals surface area (Å²) in [6.45, 7) is 7.14. The molecule has 0 amide bonds. The minimum atomic E-state index is 0.105. The van der Waals surface area contributed by atoms with Crippen molar-refractivity contribution in [3.8, 4) is 0 Å². The van der Waals surface area contributed by atoms with E-state index in [1.807, 2.05) is 6.20 Å². The van der Waals surface area contributed by atoms with E-state index in [0.29, 0.717) is 6.04 Å². The van der Waals surface area contributed by atoms with Gasteiger partial charge in [0.25, 0.3) is 0 Å². The molecule has 1 aromatic heterocycles. The molecule has 0 aliphatic carbocycles. The Balaban J connectivity index is 1.35. The lowest BCUT2D eigenvalue weighted by Gasteiger charge is -2.48. The second-order valence-corrected chi connectivity index (χ2v) is 7.50. The van der Waals surface area contributed by atoms with Gasteiger partial charge in [-0.3, -0.25) is 4.90 Å². The van der Waals surface area contributed by atoms with Crippen LogP contribution in [0, 0.1) is 0 Å². The first kappa shape index (κ1) is 14.9. The van der Waals surface area contributed by atoms with Crippen molar-refractivity contribution in [1.29, 1.82) is 0 Å². The van der Waals surface area contributed by atoms with Gasteiger partial charge in [-0.15, -0.1) is 11.3 Å². The van der Waals surface area contributed by atoms with Crippen LogP contribution in [-0.4, -0.2) is 67.5 Å². The van der Waals surface area contributed by atoms with E-state index in [1.165, 1.54) is 18.0 Å². The Labute approximate surface area is 136 Å². The topological polar surface area (TPSA) is 37.8 Å². The van der Waals surface area contributed by atoms with Gasteiger partial charge in [-0.1, -0.05) is 0 Å². The molecule has 3 fully saturated rings. The van der Waals surface area contributed by atoms with Crippen molar-refractivity contribution in [3.63, 3.8) is 0 Å². The maximum absolute atomic E-state index is 6.18. The monoisotopic (exact) mass is 323 g/mol. The molecule has 0 aromatic carbocycles. The Morgan fingerprint density at radius 2 is 1.95 bits per heavy atom. The largest absolute Gasteiger partial charge is 0.381 e. The molecule has 22 heavy (non-hydrogen) atoms. The second kappa shape index (κ2) is 6.43. The summed E-state index contributed by atoms with van der Waals surface area (Å²) in [7, 11) is 0. The normalized spacial score (nSPS) is 29.8. The van der Waals surface area contributed by atoms with Crippen LogP contribution >= 0.6 is 11.3 Å². The highest BCUT2D eigenvalue weighted by molar-refractivity contribution is 7.13. The third-order valence-corrected chi connectivity index (χ3v) is 6.22. The maximum atomic E-state index is 6.18. The minimum Gasteiger partial charge on any atom is -0.381 e. The smallest absolute Gasteiger partial charge is 0.185 e. The predicted molar refractivity (Wildman–Crippen MR) is 87.7 cm³/mol. The number of aromatic nitrogens is 1. The Bertz CT molecular complexity index is 462. The Morgan fingerprint density at radius 3 is 2.68 bits per heavy atom. The van der Waals surface area contributed by atoms with Crippen LogP contribution in [0.25, 0.3) is 0 Å². The molecule has 0 bridgehead atoms. The highest BCUT2D eigenvalue weighted by Gasteiger charge is 2.41. The maximum Gasteiger partial charge on any atom is 0.185 e. The van der Waals surface area contributed by atoms with Gasteiger partial charge in [0.2, 0.25) is 0 Å². The van der Waals surface area contributed by atoms with E-state index in [4.69, 9.17) is 9.47 Å². The zero-order valence-electron chi connectivity index (χ0n) is 13.1. The summed E-state index contributed by atoms with van der Waals surface area (Å²) in [6.07, 6.45) is 6.42. The molecule has 1 unspecified atom stereocenters. The van der Waals surface area contributed by atoms with E-state index in [9.17, 15) is 0 Å². The molecule has 0 N–H and O–H groups in total. The van der Waals surface area contributed by atoms with Gasteiger partial charge in [0.05, 0.1) is 5.60 Å². The van der Waals surface area contributed by atoms with Crippen molar-refractivity contribution in [3.05, 3.63) is 11.6 Å². The first-order valence-electron chi connectivity index (χ1n) is 8.45. The fourth-order valence-corrected chi connectivity index (χ4v) is 4.75. The van der Waals surface area contributed by atoms with Gasteiger partial charge in [-0.2, -0.15) is 0 Å². The standard InChI is InChI=1S/C16H25N3O2S/c1-9-21-16(2-10-20-11-3-16)13-14(1)18-5-7-19(8-6-18)15-17-4-12-22-15/h4,12,14H,1-3,5-11,13H2. The predicted octanol–water partition coefficient (Wildman–Crippen LogP) is 1.99. The third-order valence-electron chi connectivity index (χ3n) is 5.39. The van der Waals surface area contributed by atoms with Gasteiger partial charge >= 0.3 is 0 Å². The summed E-state index contributed by atoms with van der Waals surface area (Å²) in [5, 5.41) is 3.24. The lowest BCUT2D eigenvalue weighted by molar-refractivity contribution is -0.151. The summed E-state index contributed by atoms with van der Waals surface area (Å²) in [5.74, 6) is 0. The molecule has 3 aliphatic heterocycles. The highest BCUT2D eigenvalue weighted by Crippen LogP contribution is 2.36. The van der Waals surface area contributed by atoms with Crippen LogP contribution < -0.4 is 4.90 Å². The molecule has 3 saturated heterocycles. The van der Waals surface area contributed by atoms with Crippen molar-refractivity contribution in [2.45, 2.75) is 37.3 Å². The average molecular weight is 323 g/mol. The van der Waals surface area contributed by atoms with Crippen molar-refractivity contribution in [2.75, 3.05) is 50.9 Å². The Morgan fingerprint density at radius 1 is 1.14 bits per heavy atom. The zero-order chi connectivity index (χ0) is 14.8. The summed E-state index contributed by atoms with van der Waals surface area (Å²) >= 11 is 1.75. The lowest BCUT2D eigenvalue weighted by Crippen LogP contribution is -2.56. The summed E-state index contributed by atoms with van der Waals surface area (Å²) in [5.41, 5.74) is 0.105. The SMILES string of the molecule is c1csc(N2CCN(C3CCOC4(CCOCC4)C3)CC2)n1. The molecular weight excluding hydrogens is 298 g/mol. The number of piperazine rings is 1. The van der Waals surface area contributed by atoms with Gasteiger partial charge in [-0.25, -0.2) is 4.98 Å². The van der Waals surface area contributed by atoms with E-state index in [2.05, 4.69) is 20.2 Å². The van der Waals surface area contributed by atoms with Crippen LogP contribution in [0.15, 0.2) is 11.6 Å². The van der Waals surface area contributed by atoms with E-state index in [-0.39, 0.29) is 5.60 Å². The fourth-order valence-electron chi connectivity index (χ4n) is 4.06. The van der Waals surface area contributed by atoms with Gasteiger partial charge in [-0.05, 0) is 25.7 Å². The molecular formula is C16H25N3O2S. The van der Waals surface area contributed by atoms with E-state index in [1.54, 1.807) is 11.3 Å². The van der Waals surface area contributed by atoms with E-state index < -0.39 is 0 Å². The molecule has 4 rings (SSSR count). The lowest BCUT2D eigenvalue weighted by atomic mass is 9.83. The van der Waals surface area contributed by atoms with Crippen LogP contribution in [-0.2, 0) is 9.47 Å². The van der Waals surface area contributed by atoms with Crippen LogP contribution in [0.1, 0.15) is 25.7 Å². The number of nitrogens with zero attached hydrogens (tertiary/aromatic N) is 3. The van der Waals surface area contributed by atoms with Gasteiger partial charge < -0.3 is 14.4 Å².